The Morgan fingerprint density at radius 2 is 1.91 bits per heavy atom. The van der Waals surface area contributed by atoms with Crippen molar-refractivity contribution < 1.29 is 19.2 Å². The number of thioether (sulfide) groups is 1. The second-order valence-corrected chi connectivity index (χ2v) is 7.62. The zero-order valence-corrected chi connectivity index (χ0v) is 17.1. The van der Waals surface area contributed by atoms with Crippen LogP contribution in [0.3, 0.4) is 0 Å². The molecule has 1 aliphatic heterocycles. The Balaban J connectivity index is 1.29. The summed E-state index contributed by atoms with van der Waals surface area (Å²) in [4.78, 5) is 22.5. The largest absolute Gasteiger partial charge is 0.454 e. The van der Waals surface area contributed by atoms with Gasteiger partial charge in [0.2, 0.25) is 17.9 Å². The number of nitro benzene ring substituents is 1. The Morgan fingerprint density at radius 1 is 1.09 bits per heavy atom. The Morgan fingerprint density at radius 3 is 2.72 bits per heavy atom. The molecule has 3 heterocycles. The summed E-state index contributed by atoms with van der Waals surface area (Å²) in [6, 6.07) is 14.8. The van der Waals surface area contributed by atoms with Crippen LogP contribution in [0, 0.1) is 10.1 Å². The lowest BCUT2D eigenvalue weighted by Gasteiger charge is -2.05. The second kappa shape index (κ2) is 8.15. The lowest BCUT2D eigenvalue weighted by atomic mass is 10.1. The summed E-state index contributed by atoms with van der Waals surface area (Å²) in [5.74, 6) is 1.13. The number of nitrogens with zero attached hydrogens (tertiary/aromatic N) is 5. The van der Waals surface area contributed by atoms with Gasteiger partial charge in [0.25, 0.3) is 5.69 Å². The Labute approximate surface area is 184 Å². The van der Waals surface area contributed by atoms with Crippen LogP contribution in [0.15, 0.2) is 59.8 Å². The molecule has 1 aliphatic rings. The van der Waals surface area contributed by atoms with Gasteiger partial charge < -0.3 is 14.8 Å². The molecule has 0 fully saturated rings. The summed E-state index contributed by atoms with van der Waals surface area (Å²) >= 11 is 1.18. The van der Waals surface area contributed by atoms with Gasteiger partial charge in [-0.15, -0.1) is 10.2 Å². The van der Waals surface area contributed by atoms with E-state index in [9.17, 15) is 14.9 Å². The lowest BCUT2D eigenvalue weighted by Crippen LogP contribution is -2.14. The van der Waals surface area contributed by atoms with Crippen molar-refractivity contribution in [3.8, 4) is 22.8 Å². The number of carbonyl (C=O) groups is 1. The van der Waals surface area contributed by atoms with Gasteiger partial charge in [0, 0.05) is 23.4 Å². The van der Waals surface area contributed by atoms with Crippen LogP contribution in [0.2, 0.25) is 0 Å². The molecule has 0 bridgehead atoms. The quantitative estimate of drug-likeness (QED) is 0.267. The summed E-state index contributed by atoms with van der Waals surface area (Å²) in [6.45, 7) is 0.194. The van der Waals surface area contributed by atoms with Crippen molar-refractivity contribution in [2.45, 2.75) is 5.16 Å². The number of hydrogen-bond acceptors (Lipinski definition) is 9. The van der Waals surface area contributed by atoms with E-state index >= 15 is 0 Å². The van der Waals surface area contributed by atoms with Crippen LogP contribution in [0.25, 0.3) is 16.9 Å². The number of anilines is 1. The third-order valence-electron chi connectivity index (χ3n) is 4.60. The number of amides is 1. The van der Waals surface area contributed by atoms with Crippen LogP contribution in [0.4, 0.5) is 11.4 Å². The summed E-state index contributed by atoms with van der Waals surface area (Å²) in [5, 5.41) is 26.7. The Kier molecular flexibility index (Phi) is 5.03. The molecule has 32 heavy (non-hydrogen) atoms. The number of hydrogen-bond donors (Lipinski definition) is 1. The zero-order chi connectivity index (χ0) is 22.1. The monoisotopic (exact) mass is 450 g/mol. The molecular formula is C20H14N6O5S. The summed E-state index contributed by atoms with van der Waals surface area (Å²) < 4.78 is 12.3. The van der Waals surface area contributed by atoms with E-state index in [4.69, 9.17) is 9.47 Å². The number of aromatic nitrogens is 4. The van der Waals surface area contributed by atoms with Crippen LogP contribution in [-0.4, -0.2) is 43.2 Å². The van der Waals surface area contributed by atoms with Gasteiger partial charge >= 0.3 is 0 Å². The molecule has 0 unspecified atom stereocenters. The van der Waals surface area contributed by atoms with Crippen molar-refractivity contribution in [3.63, 3.8) is 0 Å². The van der Waals surface area contributed by atoms with Crippen LogP contribution < -0.4 is 14.8 Å². The van der Waals surface area contributed by atoms with E-state index < -0.39 is 4.92 Å². The van der Waals surface area contributed by atoms with Gasteiger partial charge in [-0.05, 0) is 42.5 Å². The first kappa shape index (κ1) is 19.8. The molecule has 11 nitrogen and oxygen atoms in total. The molecule has 2 aromatic heterocycles. The molecule has 0 aliphatic carbocycles. The molecule has 4 aromatic rings. The standard InChI is InChI=1S/C20H14N6O5S/c27-19(21-13-2-4-14(5-3-13)26(28)29)10-32-20-23-22-18-8-6-15(24-25(18)20)12-1-7-16-17(9-12)31-11-30-16/h1-9H,10-11H2,(H,21,27). The first-order valence-electron chi connectivity index (χ1n) is 9.36. The van der Waals surface area contributed by atoms with Crippen LogP contribution in [0.5, 0.6) is 11.5 Å². The third kappa shape index (κ3) is 3.90. The summed E-state index contributed by atoms with van der Waals surface area (Å²) in [6.07, 6.45) is 0. The SMILES string of the molecule is O=C(CSc1nnc2ccc(-c3ccc4c(c3)OCO4)nn12)Nc1ccc([N+](=O)[O-])cc1. The minimum Gasteiger partial charge on any atom is -0.454 e. The van der Waals surface area contributed by atoms with Gasteiger partial charge in [0.05, 0.1) is 16.4 Å². The van der Waals surface area contributed by atoms with Gasteiger partial charge in [0.1, 0.15) is 0 Å². The second-order valence-electron chi connectivity index (χ2n) is 6.68. The summed E-state index contributed by atoms with van der Waals surface area (Å²) in [7, 11) is 0. The summed E-state index contributed by atoms with van der Waals surface area (Å²) in [5.41, 5.74) is 2.50. The van der Waals surface area contributed by atoms with Crippen molar-refractivity contribution in [2.24, 2.45) is 0 Å². The average Bonchev–Trinajstić information content (AvgIpc) is 3.44. The normalized spacial score (nSPS) is 12.1. The van der Waals surface area contributed by atoms with E-state index in [1.165, 1.54) is 36.0 Å². The number of non-ortho nitro benzene ring substituents is 1. The smallest absolute Gasteiger partial charge is 0.269 e. The van der Waals surface area contributed by atoms with E-state index in [1.807, 2.05) is 24.3 Å². The van der Waals surface area contributed by atoms with Crippen molar-refractivity contribution in [1.82, 2.24) is 19.8 Å². The Hall–Kier alpha value is -4.19. The van der Waals surface area contributed by atoms with E-state index in [-0.39, 0.29) is 24.1 Å². The maximum Gasteiger partial charge on any atom is 0.269 e. The molecule has 0 atom stereocenters. The number of carbonyl (C=O) groups excluding carboxylic acids is 1. The van der Waals surface area contributed by atoms with E-state index in [2.05, 4.69) is 20.6 Å². The molecule has 5 rings (SSSR count). The van der Waals surface area contributed by atoms with Crippen LogP contribution in [-0.2, 0) is 4.79 Å². The maximum absolute atomic E-state index is 12.3. The Bertz CT molecular complexity index is 1340. The number of nitrogens with one attached hydrogen (secondary N) is 1. The molecule has 1 amide bonds. The highest BCUT2D eigenvalue weighted by atomic mass is 32.2. The van der Waals surface area contributed by atoms with Crippen molar-refractivity contribution in [3.05, 3.63) is 64.7 Å². The lowest BCUT2D eigenvalue weighted by molar-refractivity contribution is -0.384. The van der Waals surface area contributed by atoms with Crippen molar-refractivity contribution >= 4 is 34.7 Å². The van der Waals surface area contributed by atoms with Crippen LogP contribution in [0.1, 0.15) is 0 Å². The average molecular weight is 450 g/mol. The molecule has 2 aromatic carbocycles. The van der Waals surface area contributed by atoms with Gasteiger partial charge in [-0.25, -0.2) is 0 Å². The number of benzene rings is 2. The predicted octanol–water partition coefficient (Wildman–Crippen LogP) is 3.16. The number of rotatable bonds is 6. The van der Waals surface area contributed by atoms with Crippen molar-refractivity contribution in [2.75, 3.05) is 17.9 Å². The minimum absolute atomic E-state index is 0.0448. The third-order valence-corrected chi connectivity index (χ3v) is 5.52. The molecule has 0 radical (unpaired) electrons. The first-order chi connectivity index (χ1) is 15.6. The van der Waals surface area contributed by atoms with E-state index in [0.29, 0.717) is 33.7 Å². The van der Waals surface area contributed by atoms with Gasteiger partial charge in [-0.1, -0.05) is 11.8 Å². The fourth-order valence-electron chi connectivity index (χ4n) is 3.06. The maximum atomic E-state index is 12.3. The molecule has 1 N–H and O–H groups in total. The minimum atomic E-state index is -0.497. The number of ether oxygens (including phenoxy) is 2. The van der Waals surface area contributed by atoms with Gasteiger partial charge in [-0.3, -0.25) is 14.9 Å². The van der Waals surface area contributed by atoms with Crippen molar-refractivity contribution in [1.29, 1.82) is 0 Å². The van der Waals surface area contributed by atoms with E-state index in [0.717, 1.165) is 5.56 Å². The first-order valence-corrected chi connectivity index (χ1v) is 10.3. The van der Waals surface area contributed by atoms with E-state index in [1.54, 1.807) is 10.6 Å². The fourth-order valence-corrected chi connectivity index (χ4v) is 3.75. The van der Waals surface area contributed by atoms with Crippen LogP contribution >= 0.6 is 11.8 Å². The molecule has 160 valence electrons. The number of fused-ring (bicyclic) bond motifs is 2. The molecule has 0 spiro atoms. The molecule has 0 saturated carbocycles. The molecular weight excluding hydrogens is 436 g/mol. The van der Waals surface area contributed by atoms with Gasteiger partial charge in [0.15, 0.2) is 17.1 Å². The molecule has 0 saturated heterocycles. The zero-order valence-electron chi connectivity index (χ0n) is 16.3. The highest BCUT2D eigenvalue weighted by molar-refractivity contribution is 7.99. The highest BCUT2D eigenvalue weighted by Gasteiger charge is 2.16. The predicted molar refractivity (Wildman–Crippen MR) is 115 cm³/mol. The molecule has 12 heteroatoms. The van der Waals surface area contributed by atoms with Gasteiger partial charge in [-0.2, -0.15) is 9.61 Å². The fraction of sp³-hybridized carbons (Fsp3) is 0.100. The number of nitro groups is 1. The topological polar surface area (TPSA) is 134 Å². The highest BCUT2D eigenvalue weighted by Crippen LogP contribution is 2.35.